The maximum atomic E-state index is 13.5. The molecule has 0 radical (unpaired) electrons. The van der Waals surface area contributed by atoms with Crippen LogP contribution >= 0.6 is 34.5 Å². The summed E-state index contributed by atoms with van der Waals surface area (Å²) >= 11 is 13.7. The SMILES string of the molecule is O=S(=O)(c1cccc(F)c1)C1CCN(c2nc(Cc3cc(Cl)cc(Cl)c3)cs2)CC1. The highest BCUT2D eigenvalue weighted by Crippen LogP contribution is 2.30. The minimum absolute atomic E-state index is 0.0534. The van der Waals surface area contributed by atoms with Gasteiger partial charge in [0, 0.05) is 34.9 Å². The Bertz CT molecular complexity index is 1140. The Morgan fingerprint density at radius 3 is 2.47 bits per heavy atom. The first-order valence-electron chi connectivity index (χ1n) is 9.45. The van der Waals surface area contributed by atoms with E-state index in [9.17, 15) is 12.8 Å². The molecule has 1 fully saturated rings. The highest BCUT2D eigenvalue weighted by Gasteiger charge is 2.32. The molecular weight excluding hydrogens is 466 g/mol. The van der Waals surface area contributed by atoms with Crippen LogP contribution < -0.4 is 4.90 Å². The molecular formula is C21H19Cl2FN2O2S2. The lowest BCUT2D eigenvalue weighted by atomic mass is 10.1. The fourth-order valence-corrected chi connectivity index (χ4v) is 6.85. The Balaban J connectivity index is 1.41. The topological polar surface area (TPSA) is 50.3 Å². The molecule has 2 aromatic carbocycles. The van der Waals surface area contributed by atoms with Gasteiger partial charge in [0.25, 0.3) is 0 Å². The van der Waals surface area contributed by atoms with Crippen molar-refractivity contribution < 1.29 is 12.8 Å². The number of rotatable bonds is 5. The van der Waals surface area contributed by atoms with E-state index in [1.807, 2.05) is 17.5 Å². The molecule has 1 aliphatic heterocycles. The van der Waals surface area contributed by atoms with Gasteiger partial charge in [-0.25, -0.2) is 17.8 Å². The summed E-state index contributed by atoms with van der Waals surface area (Å²) in [5.74, 6) is -0.537. The Hall–Kier alpha value is -1.67. The molecule has 1 aliphatic rings. The summed E-state index contributed by atoms with van der Waals surface area (Å²) in [4.78, 5) is 6.87. The van der Waals surface area contributed by atoms with E-state index in [1.54, 1.807) is 17.4 Å². The molecule has 4 rings (SSSR count). The van der Waals surface area contributed by atoms with Crippen molar-refractivity contribution in [3.63, 3.8) is 0 Å². The largest absolute Gasteiger partial charge is 0.348 e. The van der Waals surface area contributed by atoms with Gasteiger partial charge in [0.15, 0.2) is 15.0 Å². The van der Waals surface area contributed by atoms with Crippen molar-refractivity contribution in [3.05, 3.63) is 75.0 Å². The predicted molar refractivity (Wildman–Crippen MR) is 120 cm³/mol. The molecule has 3 aromatic rings. The van der Waals surface area contributed by atoms with E-state index in [-0.39, 0.29) is 4.90 Å². The molecule has 0 bridgehead atoms. The molecule has 0 amide bonds. The predicted octanol–water partition coefficient (Wildman–Crippen LogP) is 5.62. The molecule has 0 unspecified atom stereocenters. The highest BCUT2D eigenvalue weighted by molar-refractivity contribution is 7.92. The molecule has 2 heterocycles. The van der Waals surface area contributed by atoms with Crippen LogP contribution in [0.4, 0.5) is 9.52 Å². The Labute approximate surface area is 189 Å². The average molecular weight is 485 g/mol. The van der Waals surface area contributed by atoms with Crippen LogP contribution in [-0.2, 0) is 16.3 Å². The van der Waals surface area contributed by atoms with Crippen LogP contribution in [0, 0.1) is 5.82 Å². The van der Waals surface area contributed by atoms with Crippen LogP contribution in [0.15, 0.2) is 52.7 Å². The molecule has 0 atom stereocenters. The zero-order chi connectivity index (χ0) is 21.3. The second kappa shape index (κ2) is 8.83. The van der Waals surface area contributed by atoms with Gasteiger partial charge in [-0.1, -0.05) is 29.3 Å². The molecule has 0 saturated carbocycles. The Morgan fingerprint density at radius 2 is 1.80 bits per heavy atom. The number of sulfone groups is 1. The smallest absolute Gasteiger partial charge is 0.185 e. The maximum Gasteiger partial charge on any atom is 0.185 e. The monoisotopic (exact) mass is 484 g/mol. The van der Waals surface area contributed by atoms with E-state index in [4.69, 9.17) is 28.2 Å². The van der Waals surface area contributed by atoms with Gasteiger partial charge in [0.05, 0.1) is 15.8 Å². The van der Waals surface area contributed by atoms with E-state index in [0.717, 1.165) is 22.5 Å². The van der Waals surface area contributed by atoms with Crippen molar-refractivity contribution in [2.75, 3.05) is 18.0 Å². The summed E-state index contributed by atoms with van der Waals surface area (Å²) in [7, 11) is -3.54. The number of anilines is 1. The average Bonchev–Trinajstić information content (AvgIpc) is 3.16. The Morgan fingerprint density at radius 1 is 1.10 bits per heavy atom. The highest BCUT2D eigenvalue weighted by atomic mass is 35.5. The van der Waals surface area contributed by atoms with Gasteiger partial charge in [-0.05, 0) is 54.8 Å². The molecule has 4 nitrogen and oxygen atoms in total. The minimum Gasteiger partial charge on any atom is -0.348 e. The second-order valence-corrected chi connectivity index (χ2v) is 11.2. The fourth-order valence-electron chi connectivity index (χ4n) is 3.64. The molecule has 0 N–H and O–H groups in total. The van der Waals surface area contributed by atoms with Crippen molar-refractivity contribution in [2.45, 2.75) is 29.4 Å². The number of benzene rings is 2. The van der Waals surface area contributed by atoms with Crippen LogP contribution in [-0.4, -0.2) is 31.7 Å². The van der Waals surface area contributed by atoms with Crippen molar-refractivity contribution >= 4 is 49.5 Å². The van der Waals surface area contributed by atoms with Gasteiger partial charge in [-0.2, -0.15) is 0 Å². The number of hydrogen-bond acceptors (Lipinski definition) is 5. The maximum absolute atomic E-state index is 13.5. The van der Waals surface area contributed by atoms with E-state index in [1.165, 1.54) is 18.2 Å². The standard InChI is InChI=1S/C21H19Cl2FN2O2S2/c22-15-8-14(9-16(23)11-15)10-18-13-29-21(25-18)26-6-4-19(5-7-26)30(27,28)20-3-1-2-17(24)12-20/h1-3,8-9,11-13,19H,4-7,10H2. The van der Waals surface area contributed by atoms with Gasteiger partial charge >= 0.3 is 0 Å². The van der Waals surface area contributed by atoms with E-state index in [0.29, 0.717) is 42.4 Å². The zero-order valence-corrected chi connectivity index (χ0v) is 19.0. The lowest BCUT2D eigenvalue weighted by Gasteiger charge is -2.31. The molecule has 30 heavy (non-hydrogen) atoms. The van der Waals surface area contributed by atoms with E-state index >= 15 is 0 Å². The third kappa shape index (κ3) is 4.80. The fraction of sp³-hybridized carbons (Fsp3) is 0.286. The summed E-state index contributed by atoms with van der Waals surface area (Å²) in [6, 6.07) is 10.7. The molecule has 1 aromatic heterocycles. The van der Waals surface area contributed by atoms with Crippen molar-refractivity contribution in [1.29, 1.82) is 0 Å². The van der Waals surface area contributed by atoms with Gasteiger partial charge in [0.2, 0.25) is 0 Å². The molecule has 158 valence electrons. The van der Waals surface area contributed by atoms with Gasteiger partial charge in [0.1, 0.15) is 5.82 Å². The second-order valence-electron chi connectivity index (χ2n) is 7.26. The summed E-state index contributed by atoms with van der Waals surface area (Å²) in [5, 5.41) is 3.55. The molecule has 0 spiro atoms. The molecule has 1 saturated heterocycles. The van der Waals surface area contributed by atoms with Gasteiger partial charge < -0.3 is 4.90 Å². The van der Waals surface area contributed by atoms with Crippen LogP contribution in [0.25, 0.3) is 0 Å². The van der Waals surface area contributed by atoms with Crippen LogP contribution in [0.1, 0.15) is 24.1 Å². The third-order valence-corrected chi connectivity index (χ3v) is 8.77. The number of hydrogen-bond donors (Lipinski definition) is 0. The summed E-state index contributed by atoms with van der Waals surface area (Å²) in [5.41, 5.74) is 1.91. The number of halogens is 3. The summed E-state index contributed by atoms with van der Waals surface area (Å²) in [6.45, 7) is 1.18. The number of piperidine rings is 1. The first-order valence-corrected chi connectivity index (χ1v) is 12.6. The van der Waals surface area contributed by atoms with Crippen molar-refractivity contribution in [3.8, 4) is 0 Å². The lowest BCUT2D eigenvalue weighted by Crippen LogP contribution is -2.39. The summed E-state index contributed by atoms with van der Waals surface area (Å²) in [6.07, 6.45) is 1.59. The van der Waals surface area contributed by atoms with Crippen LogP contribution in [0.5, 0.6) is 0 Å². The third-order valence-electron chi connectivity index (χ3n) is 5.12. The van der Waals surface area contributed by atoms with Crippen molar-refractivity contribution in [2.24, 2.45) is 0 Å². The lowest BCUT2D eigenvalue weighted by molar-refractivity contribution is 0.528. The first kappa shape index (κ1) is 21.6. The Kier molecular flexibility index (Phi) is 6.34. The van der Waals surface area contributed by atoms with Crippen molar-refractivity contribution in [1.82, 2.24) is 4.98 Å². The van der Waals surface area contributed by atoms with Gasteiger partial charge in [-0.3, -0.25) is 0 Å². The normalized spacial score (nSPS) is 15.5. The first-order chi connectivity index (χ1) is 14.3. The number of aromatic nitrogens is 1. The van der Waals surface area contributed by atoms with Crippen LogP contribution in [0.3, 0.4) is 0 Å². The molecule has 0 aliphatic carbocycles. The molecule has 9 heteroatoms. The van der Waals surface area contributed by atoms with E-state index < -0.39 is 20.9 Å². The van der Waals surface area contributed by atoms with E-state index in [2.05, 4.69) is 4.90 Å². The quantitative estimate of drug-likeness (QED) is 0.471. The van der Waals surface area contributed by atoms with Crippen LogP contribution in [0.2, 0.25) is 10.0 Å². The summed E-state index contributed by atoms with van der Waals surface area (Å²) < 4.78 is 39.1. The zero-order valence-electron chi connectivity index (χ0n) is 15.9. The number of thiazole rings is 1. The number of nitrogens with zero attached hydrogens (tertiary/aromatic N) is 2. The minimum atomic E-state index is -3.54. The van der Waals surface area contributed by atoms with Gasteiger partial charge in [-0.15, -0.1) is 11.3 Å².